The summed E-state index contributed by atoms with van der Waals surface area (Å²) in [7, 11) is 0. The van der Waals surface area contributed by atoms with Crippen molar-refractivity contribution in [2.24, 2.45) is 4.99 Å². The van der Waals surface area contributed by atoms with Crippen molar-refractivity contribution in [3.63, 3.8) is 0 Å². The van der Waals surface area contributed by atoms with E-state index in [9.17, 15) is 0 Å². The summed E-state index contributed by atoms with van der Waals surface area (Å²) in [4.78, 5) is 5.26. The first-order valence-corrected chi connectivity index (χ1v) is 17.3. The Balaban J connectivity index is 1.24. The minimum absolute atomic E-state index is 0.185. The first-order chi connectivity index (χ1) is 24.8. The predicted octanol–water partition coefficient (Wildman–Crippen LogP) is 11.5. The van der Waals surface area contributed by atoms with E-state index in [0.29, 0.717) is 0 Å². The van der Waals surface area contributed by atoms with E-state index < -0.39 is 0 Å². The Morgan fingerprint density at radius 2 is 1.12 bits per heavy atom. The lowest BCUT2D eigenvalue weighted by molar-refractivity contribution is 0.578. The molecule has 1 N–H and O–H groups in total. The summed E-state index contributed by atoms with van der Waals surface area (Å²) in [5, 5.41) is 16.6. The monoisotopic (exact) mass is 636 g/mol. The molecule has 1 atom stereocenters. The second kappa shape index (κ2) is 9.49. The molecule has 0 spiro atoms. The molecule has 0 bridgehead atoms. The zero-order valence-electron chi connectivity index (χ0n) is 26.9. The Bertz CT molecular complexity index is 3240. The van der Waals surface area contributed by atoms with Crippen molar-refractivity contribution >= 4 is 93.0 Å². The van der Waals surface area contributed by atoms with Crippen LogP contribution in [0.1, 0.15) is 17.3 Å². The number of hydrogen-bond acceptors (Lipinski definition) is 2. The van der Waals surface area contributed by atoms with Crippen molar-refractivity contribution in [3.05, 3.63) is 169 Å². The number of fused-ring (bicyclic) bond motifs is 14. The smallest absolute Gasteiger partial charge is 0.136 e. The lowest BCUT2D eigenvalue weighted by atomic mass is 10.0. The molecule has 0 saturated carbocycles. The van der Waals surface area contributed by atoms with Crippen LogP contribution >= 0.6 is 0 Å². The van der Waals surface area contributed by atoms with Crippen LogP contribution in [0.3, 0.4) is 0 Å². The third-order valence-corrected chi connectivity index (χ3v) is 11.1. The maximum Gasteiger partial charge on any atom is 0.136 e. The minimum atomic E-state index is -0.185. The molecule has 1 unspecified atom stereocenters. The summed E-state index contributed by atoms with van der Waals surface area (Å²) >= 11 is 0. The first kappa shape index (κ1) is 26.3. The van der Waals surface area contributed by atoms with Gasteiger partial charge in [0.05, 0.1) is 33.3 Å². The fourth-order valence-electron chi connectivity index (χ4n) is 9.02. The molecule has 1 aliphatic heterocycles. The van der Waals surface area contributed by atoms with Gasteiger partial charge in [0.25, 0.3) is 0 Å². The Morgan fingerprint density at radius 1 is 0.460 bits per heavy atom. The summed E-state index contributed by atoms with van der Waals surface area (Å²) in [6.07, 6.45) is -0.185. The second-order valence-corrected chi connectivity index (χ2v) is 13.6. The first-order valence-electron chi connectivity index (χ1n) is 17.3. The number of rotatable bonds is 2. The van der Waals surface area contributed by atoms with Gasteiger partial charge in [-0.25, -0.2) is 4.99 Å². The van der Waals surface area contributed by atoms with E-state index in [-0.39, 0.29) is 6.17 Å². The van der Waals surface area contributed by atoms with E-state index in [2.05, 4.69) is 172 Å². The average Bonchev–Trinajstić information content (AvgIpc) is 3.81. The largest absolute Gasteiger partial charge is 0.345 e. The normalized spacial score (nSPS) is 14.9. The molecule has 50 heavy (non-hydrogen) atoms. The van der Waals surface area contributed by atoms with E-state index in [1.54, 1.807) is 0 Å². The molecule has 1 aliphatic rings. The average molecular weight is 637 g/mol. The van der Waals surface area contributed by atoms with Gasteiger partial charge in [-0.3, -0.25) is 0 Å². The summed E-state index contributed by atoms with van der Waals surface area (Å²) < 4.78 is 5.06. The van der Waals surface area contributed by atoms with Gasteiger partial charge in [-0.1, -0.05) is 133 Å². The maximum atomic E-state index is 5.26. The quantitative estimate of drug-likeness (QED) is 0.201. The Kier molecular flexibility index (Phi) is 5.00. The molecule has 8 aromatic carbocycles. The fourth-order valence-corrected chi connectivity index (χ4v) is 9.02. The highest BCUT2D eigenvalue weighted by molar-refractivity contribution is 6.37. The Morgan fingerprint density at radius 3 is 1.98 bits per heavy atom. The second-order valence-electron chi connectivity index (χ2n) is 13.6. The summed E-state index contributed by atoms with van der Waals surface area (Å²) in [6.45, 7) is 0. The van der Waals surface area contributed by atoms with Crippen LogP contribution in [0.4, 0.5) is 5.69 Å². The van der Waals surface area contributed by atoms with Gasteiger partial charge < -0.3 is 14.3 Å². The minimum Gasteiger partial charge on any atom is -0.345 e. The van der Waals surface area contributed by atoms with Crippen molar-refractivity contribution in [3.8, 4) is 0 Å². The molecule has 12 rings (SSSR count). The number of benzene rings is 8. The molecular formula is C46H28N4. The van der Waals surface area contributed by atoms with E-state index in [0.717, 1.165) is 22.6 Å². The van der Waals surface area contributed by atoms with Gasteiger partial charge in [-0.15, -0.1) is 0 Å². The van der Waals surface area contributed by atoms with Crippen LogP contribution in [-0.4, -0.2) is 14.8 Å². The lowest BCUT2D eigenvalue weighted by Gasteiger charge is -2.30. The van der Waals surface area contributed by atoms with Crippen molar-refractivity contribution in [2.75, 3.05) is 0 Å². The third-order valence-electron chi connectivity index (χ3n) is 11.1. The van der Waals surface area contributed by atoms with Crippen LogP contribution in [0.5, 0.6) is 0 Å². The van der Waals surface area contributed by atoms with Gasteiger partial charge in [0.1, 0.15) is 12.0 Å². The number of nitrogens with one attached hydrogen (secondary N) is 1. The molecule has 0 radical (unpaired) electrons. The highest BCUT2D eigenvalue weighted by atomic mass is 15.2. The molecular weight excluding hydrogens is 609 g/mol. The van der Waals surface area contributed by atoms with E-state index >= 15 is 0 Å². The van der Waals surface area contributed by atoms with E-state index in [1.165, 1.54) is 81.4 Å². The van der Waals surface area contributed by atoms with Crippen molar-refractivity contribution < 1.29 is 0 Å². The van der Waals surface area contributed by atoms with Crippen LogP contribution < -0.4 is 5.32 Å². The zero-order valence-corrected chi connectivity index (χ0v) is 26.9. The van der Waals surface area contributed by atoms with Crippen molar-refractivity contribution in [1.82, 2.24) is 14.3 Å². The molecule has 0 aliphatic carbocycles. The molecule has 0 saturated heterocycles. The maximum absolute atomic E-state index is 5.26. The zero-order chi connectivity index (χ0) is 32.5. The topological polar surface area (TPSA) is 33.7 Å². The summed E-state index contributed by atoms with van der Waals surface area (Å²) in [6, 6.07) is 57.4. The molecule has 4 heterocycles. The van der Waals surface area contributed by atoms with Crippen LogP contribution in [0, 0.1) is 0 Å². The van der Waals surface area contributed by atoms with Gasteiger partial charge in [-0.2, -0.15) is 0 Å². The number of amidine groups is 1. The molecule has 0 fully saturated rings. The molecule has 11 aromatic rings. The summed E-state index contributed by atoms with van der Waals surface area (Å²) in [5.74, 6) is 0.885. The predicted molar refractivity (Wildman–Crippen MR) is 209 cm³/mol. The number of aromatic nitrogens is 2. The van der Waals surface area contributed by atoms with Crippen molar-refractivity contribution in [1.29, 1.82) is 0 Å². The number of hydrogen-bond donors (Lipinski definition) is 1. The van der Waals surface area contributed by atoms with Gasteiger partial charge in [0, 0.05) is 48.8 Å². The standard InChI is InChI=1S/C46H28N4/c1-3-15-29-27(12-1)14-11-20-32(29)45-47-37-21-8-5-17-33(37)46(48-45)49-38-22-9-6-18-34(38)41-40(49)26-36-31-25-24-28-13-2-4-16-30(28)43(31)50-39-23-10-7-19-35(39)42(41)44(36)50/h1-26,46H,(H,47,48). The number of aliphatic imine (C=N–C) groups is 1. The third kappa shape index (κ3) is 3.28. The molecule has 4 heteroatoms. The van der Waals surface area contributed by atoms with Crippen LogP contribution in [0.15, 0.2) is 163 Å². The van der Waals surface area contributed by atoms with Crippen LogP contribution in [0.2, 0.25) is 0 Å². The highest BCUT2D eigenvalue weighted by Crippen LogP contribution is 2.48. The van der Waals surface area contributed by atoms with Gasteiger partial charge in [0.2, 0.25) is 0 Å². The van der Waals surface area contributed by atoms with Gasteiger partial charge >= 0.3 is 0 Å². The molecule has 232 valence electrons. The summed E-state index contributed by atoms with van der Waals surface area (Å²) in [5.41, 5.74) is 9.48. The van der Waals surface area contributed by atoms with E-state index in [1.807, 2.05) is 0 Å². The van der Waals surface area contributed by atoms with Gasteiger partial charge in [0.15, 0.2) is 0 Å². The fraction of sp³-hybridized carbons (Fsp3) is 0.0217. The molecule has 0 amide bonds. The SMILES string of the molecule is c1ccc2c(c1)N=C(c1cccc3ccccc13)NC2n1c2ccccc2c2c3c4ccccc4n4c5c6ccccc6ccc5c(cc21)c34. The Labute approximate surface area is 286 Å². The lowest BCUT2D eigenvalue weighted by Crippen LogP contribution is -2.36. The van der Waals surface area contributed by atoms with Crippen LogP contribution in [0.25, 0.3) is 81.4 Å². The van der Waals surface area contributed by atoms with Gasteiger partial charge in [-0.05, 0) is 40.4 Å². The highest BCUT2D eigenvalue weighted by Gasteiger charge is 2.30. The van der Waals surface area contributed by atoms with Crippen LogP contribution in [-0.2, 0) is 0 Å². The number of para-hydroxylation sites is 3. The Hall–Kier alpha value is -6.65. The number of nitrogens with zero attached hydrogens (tertiary/aromatic N) is 3. The molecule has 4 nitrogen and oxygen atoms in total. The molecule has 3 aromatic heterocycles. The van der Waals surface area contributed by atoms with E-state index in [4.69, 9.17) is 4.99 Å². The van der Waals surface area contributed by atoms with Crippen molar-refractivity contribution in [2.45, 2.75) is 6.17 Å².